The van der Waals surface area contributed by atoms with Crippen molar-refractivity contribution in [3.05, 3.63) is 106 Å². The summed E-state index contributed by atoms with van der Waals surface area (Å²) in [4.78, 5) is 46.2. The van der Waals surface area contributed by atoms with Gasteiger partial charge in [0.2, 0.25) is 17.8 Å². The topological polar surface area (TPSA) is 113 Å². The molecule has 4 fully saturated rings. The molecule has 3 unspecified atom stereocenters. The van der Waals surface area contributed by atoms with Crippen molar-refractivity contribution >= 4 is 29.4 Å². The average molecular weight is 911 g/mol. The van der Waals surface area contributed by atoms with Crippen LogP contribution in [0.3, 0.4) is 0 Å². The van der Waals surface area contributed by atoms with E-state index >= 15 is 8.78 Å². The van der Waals surface area contributed by atoms with Crippen LogP contribution in [0.25, 0.3) is 0 Å². The number of halogens is 3. The highest BCUT2D eigenvalue weighted by molar-refractivity contribution is 6.30. The van der Waals surface area contributed by atoms with Gasteiger partial charge >= 0.3 is 0 Å². The minimum atomic E-state index is -0.444. The van der Waals surface area contributed by atoms with Gasteiger partial charge in [-0.3, -0.25) is 14.6 Å². The lowest BCUT2D eigenvalue weighted by Crippen LogP contribution is -2.46. The Balaban J connectivity index is 0.692. The van der Waals surface area contributed by atoms with Crippen molar-refractivity contribution in [3.63, 3.8) is 0 Å². The number of carbonyl (C=O) groups excluding carboxylic acids is 2. The fraction of sp³-hybridized carbons (Fsp3) is 0.549. The summed E-state index contributed by atoms with van der Waals surface area (Å²) in [5, 5.41) is 3.96. The lowest BCUT2D eigenvalue weighted by atomic mass is 9.90. The number of aromatic nitrogens is 3. The molecule has 3 atom stereocenters. The number of pyridine rings is 1. The van der Waals surface area contributed by atoms with Crippen molar-refractivity contribution in [2.75, 3.05) is 57.4 Å². The largest absolute Gasteiger partial charge is 0.493 e. The van der Waals surface area contributed by atoms with Crippen molar-refractivity contribution in [1.82, 2.24) is 30.1 Å². The number of benzene rings is 2. The summed E-state index contributed by atoms with van der Waals surface area (Å²) in [7, 11) is 0. The van der Waals surface area contributed by atoms with E-state index in [1.54, 1.807) is 46.5 Å². The fourth-order valence-corrected chi connectivity index (χ4v) is 10.6. The van der Waals surface area contributed by atoms with Gasteiger partial charge < -0.3 is 29.5 Å². The number of unbranched alkanes of at least 4 members (excludes halogenated alkanes) is 2. The molecule has 2 aromatic heterocycles. The highest BCUT2D eigenvalue weighted by atomic mass is 35.5. The summed E-state index contributed by atoms with van der Waals surface area (Å²) in [6, 6.07) is 11.5. The Morgan fingerprint density at radius 1 is 0.754 bits per heavy atom. The molecule has 1 saturated carbocycles. The second-order valence-electron chi connectivity index (χ2n) is 18.9. The molecular weight excluding hydrogens is 848 g/mol. The van der Waals surface area contributed by atoms with Crippen LogP contribution in [0.4, 0.5) is 14.7 Å². The van der Waals surface area contributed by atoms with E-state index in [1.165, 1.54) is 44.2 Å². The van der Waals surface area contributed by atoms with Crippen LogP contribution in [-0.2, 0) is 35.4 Å². The van der Waals surface area contributed by atoms with E-state index in [0.717, 1.165) is 93.4 Å². The molecule has 1 aliphatic carbocycles. The van der Waals surface area contributed by atoms with Gasteiger partial charge in [0.25, 0.3) is 0 Å². The SMILES string of the molecule is O=C(Cc1ccc(OCCC2CC2C2CCN(c3ncc(Cl)cn3)CC2)cc1F)N1CCc2ncc(C3CCN3C(=O)Cc3ccc(OCCCCCC4CCNCC4)cc3F)cc2C1. The number of hydrogen-bond acceptors (Lipinski definition) is 9. The minimum Gasteiger partial charge on any atom is -0.493 e. The fourth-order valence-electron chi connectivity index (χ4n) is 10.5. The van der Waals surface area contributed by atoms with Crippen LogP contribution in [0, 0.1) is 35.3 Å². The number of nitrogens with zero attached hydrogens (tertiary/aromatic N) is 6. The monoisotopic (exact) mass is 909 g/mol. The van der Waals surface area contributed by atoms with E-state index in [2.05, 4.69) is 20.2 Å². The molecular formula is C51H62ClF2N7O4. The second kappa shape index (κ2) is 21.2. The van der Waals surface area contributed by atoms with Gasteiger partial charge in [0.1, 0.15) is 23.1 Å². The Bertz CT molecular complexity index is 2270. The van der Waals surface area contributed by atoms with Crippen molar-refractivity contribution in [3.8, 4) is 11.5 Å². The maximum Gasteiger partial charge on any atom is 0.227 e. The van der Waals surface area contributed by atoms with Crippen LogP contribution < -0.4 is 19.7 Å². The molecule has 6 heterocycles. The molecule has 65 heavy (non-hydrogen) atoms. The van der Waals surface area contributed by atoms with E-state index < -0.39 is 11.6 Å². The molecule has 4 aromatic rings. The summed E-state index contributed by atoms with van der Waals surface area (Å²) in [6.07, 6.45) is 17.9. The zero-order valence-electron chi connectivity index (χ0n) is 37.4. The molecule has 11 nitrogen and oxygen atoms in total. The van der Waals surface area contributed by atoms with Gasteiger partial charge in [0, 0.05) is 63.2 Å². The van der Waals surface area contributed by atoms with E-state index in [0.29, 0.717) is 84.7 Å². The van der Waals surface area contributed by atoms with Gasteiger partial charge in [-0.2, -0.15) is 0 Å². The van der Waals surface area contributed by atoms with Gasteiger partial charge in [-0.25, -0.2) is 18.7 Å². The molecule has 5 aliphatic rings. The van der Waals surface area contributed by atoms with E-state index in [-0.39, 0.29) is 30.7 Å². The normalized spacial score (nSPS) is 21.2. The van der Waals surface area contributed by atoms with Crippen LogP contribution >= 0.6 is 11.6 Å². The summed E-state index contributed by atoms with van der Waals surface area (Å²) < 4.78 is 42.3. The van der Waals surface area contributed by atoms with Gasteiger partial charge in [-0.1, -0.05) is 43.0 Å². The van der Waals surface area contributed by atoms with E-state index in [9.17, 15) is 9.59 Å². The lowest BCUT2D eigenvalue weighted by Gasteiger charge is -2.42. The summed E-state index contributed by atoms with van der Waals surface area (Å²) in [6.45, 7) is 6.70. The van der Waals surface area contributed by atoms with Crippen LogP contribution in [0.5, 0.6) is 11.5 Å². The van der Waals surface area contributed by atoms with Gasteiger partial charge in [-0.15, -0.1) is 0 Å². The lowest BCUT2D eigenvalue weighted by molar-refractivity contribution is -0.138. The Kier molecular flexibility index (Phi) is 14.8. The first-order valence-corrected chi connectivity index (χ1v) is 24.4. The minimum absolute atomic E-state index is 0.0332. The zero-order valence-corrected chi connectivity index (χ0v) is 38.1. The Hall–Kier alpha value is -4.88. The molecule has 1 N–H and O–H groups in total. The number of nitrogens with one attached hydrogen (secondary N) is 1. The van der Waals surface area contributed by atoms with Gasteiger partial charge in [-0.05, 0) is 129 Å². The third-order valence-electron chi connectivity index (χ3n) is 14.6. The van der Waals surface area contributed by atoms with Gasteiger partial charge in [0.15, 0.2) is 0 Å². The molecule has 3 saturated heterocycles. The van der Waals surface area contributed by atoms with E-state index in [4.69, 9.17) is 26.1 Å². The molecule has 346 valence electrons. The highest BCUT2D eigenvalue weighted by Gasteiger charge is 2.43. The third-order valence-corrected chi connectivity index (χ3v) is 14.8. The Labute approximate surface area is 386 Å². The molecule has 4 aliphatic heterocycles. The summed E-state index contributed by atoms with van der Waals surface area (Å²) in [5.41, 5.74) is 3.46. The van der Waals surface area contributed by atoms with Crippen LogP contribution in [-0.4, -0.2) is 89.0 Å². The van der Waals surface area contributed by atoms with E-state index in [1.807, 2.05) is 12.3 Å². The molecule has 0 radical (unpaired) electrons. The average Bonchev–Trinajstić information content (AvgIpc) is 4.09. The molecule has 2 amide bonds. The number of carbonyl (C=O) groups is 2. The van der Waals surface area contributed by atoms with Crippen molar-refractivity contribution in [1.29, 1.82) is 0 Å². The number of fused-ring (bicyclic) bond motifs is 1. The predicted molar refractivity (Wildman–Crippen MR) is 246 cm³/mol. The molecule has 14 heteroatoms. The van der Waals surface area contributed by atoms with Gasteiger partial charge in [0.05, 0.1) is 49.5 Å². The van der Waals surface area contributed by atoms with Crippen molar-refractivity contribution in [2.45, 2.75) is 102 Å². The van der Waals surface area contributed by atoms with Crippen LogP contribution in [0.1, 0.15) is 105 Å². The number of hydrogen-bond donors (Lipinski definition) is 1. The number of anilines is 1. The van der Waals surface area contributed by atoms with Crippen molar-refractivity contribution < 1.29 is 27.8 Å². The predicted octanol–water partition coefficient (Wildman–Crippen LogP) is 8.71. The number of likely N-dealkylation sites (tertiary alicyclic amines) is 1. The standard InChI is InChI=1S/C51H62ClF2N7O4/c52-41-31-57-51(58-32-41)59-18-11-35(12-19-59)44-25-36(44)15-23-65-43-8-5-37(45(53)29-43)26-49(62)60-20-13-47-40(33-60)24-39(30-56-47)48-14-21-61(48)50(63)27-38-6-7-42(28-46(38)54)64-22-3-1-2-4-34-9-16-55-17-10-34/h5-8,24,28-32,34-36,44,48,55H,1-4,9-23,25-27,33H2. The number of ether oxygens (including phenoxy) is 2. The molecule has 0 spiro atoms. The first-order valence-electron chi connectivity index (χ1n) is 24.0. The summed E-state index contributed by atoms with van der Waals surface area (Å²) in [5.74, 6) is 3.42. The molecule has 9 rings (SSSR count). The van der Waals surface area contributed by atoms with Crippen LogP contribution in [0.2, 0.25) is 5.02 Å². The second-order valence-corrected chi connectivity index (χ2v) is 19.3. The van der Waals surface area contributed by atoms with Crippen LogP contribution in [0.15, 0.2) is 61.1 Å². The first kappa shape index (κ1) is 45.3. The Morgan fingerprint density at radius 3 is 2.15 bits per heavy atom. The maximum atomic E-state index is 15.3. The zero-order chi connectivity index (χ0) is 44.7. The Morgan fingerprint density at radius 2 is 1.46 bits per heavy atom. The smallest absolute Gasteiger partial charge is 0.227 e. The first-order chi connectivity index (χ1) is 31.7. The van der Waals surface area contributed by atoms with Crippen molar-refractivity contribution in [2.24, 2.45) is 23.7 Å². The number of rotatable bonds is 18. The quantitative estimate of drug-likeness (QED) is 0.0981. The summed E-state index contributed by atoms with van der Waals surface area (Å²) >= 11 is 5.95. The molecule has 2 aromatic carbocycles. The number of piperidine rings is 2. The number of amides is 2. The third kappa shape index (κ3) is 11.6. The molecule has 0 bridgehead atoms. The maximum absolute atomic E-state index is 15.3. The highest BCUT2D eigenvalue weighted by Crippen LogP contribution is 2.50.